The molecular formula is C14H20F2N2O3. The zero-order chi connectivity index (χ0) is 15.8. The van der Waals surface area contributed by atoms with E-state index in [1.807, 2.05) is 11.8 Å². The molecule has 0 aliphatic rings. The van der Waals surface area contributed by atoms with E-state index in [4.69, 9.17) is 5.11 Å². The van der Waals surface area contributed by atoms with Crippen LogP contribution in [0.3, 0.4) is 0 Å². The Kier molecular flexibility index (Phi) is 7.04. The second kappa shape index (κ2) is 8.53. The third-order valence-electron chi connectivity index (χ3n) is 3.07. The first-order valence-corrected chi connectivity index (χ1v) is 6.68. The van der Waals surface area contributed by atoms with Crippen molar-refractivity contribution in [3.05, 3.63) is 24.3 Å². The topological polar surface area (TPSA) is 61.8 Å². The number of ether oxygens (including phenoxy) is 1. The van der Waals surface area contributed by atoms with Crippen molar-refractivity contribution in [3.63, 3.8) is 0 Å². The van der Waals surface area contributed by atoms with Crippen LogP contribution in [0, 0.1) is 0 Å². The lowest BCUT2D eigenvalue weighted by molar-refractivity contribution is -0.120. The number of halogens is 2. The summed E-state index contributed by atoms with van der Waals surface area (Å²) in [6, 6.07) is 5.30. The molecule has 2 N–H and O–H groups in total. The average Bonchev–Trinajstić information content (AvgIpc) is 2.45. The number of nitrogens with one attached hydrogen (secondary N) is 1. The first kappa shape index (κ1) is 17.3. The zero-order valence-corrected chi connectivity index (χ0v) is 12.1. The van der Waals surface area contributed by atoms with Gasteiger partial charge in [-0.05, 0) is 37.7 Å². The molecule has 1 aromatic rings. The van der Waals surface area contributed by atoms with E-state index < -0.39 is 12.7 Å². The van der Waals surface area contributed by atoms with Crippen molar-refractivity contribution in [1.29, 1.82) is 0 Å². The number of amides is 1. The number of aliphatic hydroxyl groups is 1. The Morgan fingerprint density at radius 3 is 2.48 bits per heavy atom. The van der Waals surface area contributed by atoms with Crippen molar-refractivity contribution < 1.29 is 23.4 Å². The molecule has 0 saturated heterocycles. The summed E-state index contributed by atoms with van der Waals surface area (Å²) in [7, 11) is 0. The van der Waals surface area contributed by atoms with Gasteiger partial charge in [-0.25, -0.2) is 0 Å². The second-order valence-electron chi connectivity index (χ2n) is 4.42. The van der Waals surface area contributed by atoms with Gasteiger partial charge in [-0.3, -0.25) is 9.69 Å². The molecule has 7 heteroatoms. The molecule has 0 heterocycles. The van der Waals surface area contributed by atoms with Crippen molar-refractivity contribution in [2.24, 2.45) is 0 Å². The molecule has 1 rings (SSSR count). The lowest BCUT2D eigenvalue weighted by Gasteiger charge is -2.26. The summed E-state index contributed by atoms with van der Waals surface area (Å²) in [6.45, 7) is 1.79. The number of benzene rings is 1. The first-order valence-electron chi connectivity index (χ1n) is 6.68. The molecule has 0 aliphatic carbocycles. The number of carbonyl (C=O) groups excluding carboxylic acids is 1. The molecule has 0 bridgehead atoms. The summed E-state index contributed by atoms with van der Waals surface area (Å²) in [5.41, 5.74) is 0.494. The summed E-state index contributed by atoms with van der Waals surface area (Å²) >= 11 is 0. The van der Waals surface area contributed by atoms with Gasteiger partial charge in [0.15, 0.2) is 0 Å². The second-order valence-corrected chi connectivity index (χ2v) is 4.42. The minimum Gasteiger partial charge on any atom is -0.435 e. The van der Waals surface area contributed by atoms with Crippen molar-refractivity contribution in [2.45, 2.75) is 26.5 Å². The van der Waals surface area contributed by atoms with E-state index >= 15 is 0 Å². The molecule has 1 unspecified atom stereocenters. The molecular weight excluding hydrogens is 282 g/mol. The highest BCUT2D eigenvalue weighted by Crippen LogP contribution is 2.18. The molecule has 0 fully saturated rings. The zero-order valence-electron chi connectivity index (χ0n) is 12.1. The Balaban J connectivity index is 2.61. The van der Waals surface area contributed by atoms with Gasteiger partial charge in [0.2, 0.25) is 5.91 Å². The number of aliphatic hydroxyl groups excluding tert-OH is 1. The van der Waals surface area contributed by atoms with Crippen LogP contribution < -0.4 is 10.1 Å². The number of likely N-dealkylation sites (N-methyl/N-ethyl adjacent to an activating group) is 1. The Morgan fingerprint density at radius 2 is 2.00 bits per heavy atom. The van der Waals surface area contributed by atoms with E-state index in [1.165, 1.54) is 24.3 Å². The molecule has 0 saturated carbocycles. The number of carbonyl (C=O) groups is 1. The average molecular weight is 302 g/mol. The van der Waals surface area contributed by atoms with E-state index in [9.17, 15) is 13.6 Å². The minimum atomic E-state index is -2.87. The molecule has 1 aromatic carbocycles. The van der Waals surface area contributed by atoms with E-state index in [2.05, 4.69) is 10.1 Å². The van der Waals surface area contributed by atoms with Gasteiger partial charge < -0.3 is 15.2 Å². The maximum atomic E-state index is 12.1. The van der Waals surface area contributed by atoms with Gasteiger partial charge in [-0.2, -0.15) is 8.78 Å². The molecule has 1 atom stereocenters. The standard InChI is InChI=1S/C14H20F2N2O3/c1-3-18(8-9-19)10(2)13(20)17-11-4-6-12(7-5-11)21-14(15)16/h4-7,10,14,19H,3,8-9H2,1-2H3,(H,17,20). The number of alkyl halides is 2. The Morgan fingerprint density at radius 1 is 1.38 bits per heavy atom. The molecule has 0 aliphatic heterocycles. The van der Waals surface area contributed by atoms with Crippen LogP contribution in [-0.4, -0.2) is 48.3 Å². The van der Waals surface area contributed by atoms with E-state index in [0.29, 0.717) is 18.8 Å². The minimum absolute atomic E-state index is 0.0227. The van der Waals surface area contributed by atoms with E-state index in [-0.39, 0.29) is 18.3 Å². The molecule has 0 spiro atoms. The highest BCUT2D eigenvalue weighted by Gasteiger charge is 2.19. The fourth-order valence-electron chi connectivity index (χ4n) is 1.89. The number of anilines is 1. The van der Waals surface area contributed by atoms with Crippen LogP contribution >= 0.6 is 0 Å². The van der Waals surface area contributed by atoms with Gasteiger partial charge in [-0.15, -0.1) is 0 Å². The van der Waals surface area contributed by atoms with Gasteiger partial charge in [0.1, 0.15) is 5.75 Å². The maximum absolute atomic E-state index is 12.1. The van der Waals surface area contributed by atoms with Gasteiger partial charge >= 0.3 is 6.61 Å². The van der Waals surface area contributed by atoms with Crippen LogP contribution in [0.5, 0.6) is 5.75 Å². The summed E-state index contributed by atoms with van der Waals surface area (Å²) in [5.74, 6) is -0.195. The van der Waals surface area contributed by atoms with Gasteiger partial charge in [0.25, 0.3) is 0 Å². The van der Waals surface area contributed by atoms with Gasteiger partial charge in [0.05, 0.1) is 12.6 Å². The monoisotopic (exact) mass is 302 g/mol. The maximum Gasteiger partial charge on any atom is 0.387 e. The third-order valence-corrected chi connectivity index (χ3v) is 3.07. The summed E-state index contributed by atoms with van der Waals surface area (Å²) in [4.78, 5) is 13.9. The molecule has 0 radical (unpaired) electrons. The molecule has 1 amide bonds. The summed E-state index contributed by atoms with van der Waals surface area (Å²) in [6.07, 6.45) is 0. The largest absolute Gasteiger partial charge is 0.435 e. The van der Waals surface area contributed by atoms with Gasteiger partial charge in [-0.1, -0.05) is 6.92 Å². The fourth-order valence-corrected chi connectivity index (χ4v) is 1.89. The predicted octanol–water partition coefficient (Wildman–Crippen LogP) is 1.93. The number of rotatable bonds is 8. The lowest BCUT2D eigenvalue weighted by Crippen LogP contribution is -2.43. The molecule has 5 nitrogen and oxygen atoms in total. The Labute approximate surface area is 122 Å². The highest BCUT2D eigenvalue weighted by atomic mass is 19.3. The smallest absolute Gasteiger partial charge is 0.387 e. The number of hydrogen-bond acceptors (Lipinski definition) is 4. The summed E-state index contributed by atoms with van der Waals surface area (Å²) in [5, 5.41) is 11.6. The lowest BCUT2D eigenvalue weighted by atomic mass is 10.2. The predicted molar refractivity (Wildman–Crippen MR) is 75.5 cm³/mol. The van der Waals surface area contributed by atoms with Crippen LogP contribution in [0.2, 0.25) is 0 Å². The van der Waals surface area contributed by atoms with Gasteiger partial charge in [0, 0.05) is 12.2 Å². The molecule has 0 aromatic heterocycles. The van der Waals surface area contributed by atoms with Crippen molar-refractivity contribution in [3.8, 4) is 5.75 Å². The normalized spacial score (nSPS) is 12.5. The Bertz CT molecular complexity index is 440. The van der Waals surface area contributed by atoms with Crippen molar-refractivity contribution >= 4 is 11.6 Å². The van der Waals surface area contributed by atoms with E-state index in [0.717, 1.165) is 0 Å². The van der Waals surface area contributed by atoms with Crippen LogP contribution in [-0.2, 0) is 4.79 Å². The van der Waals surface area contributed by atoms with Crippen molar-refractivity contribution in [1.82, 2.24) is 4.90 Å². The quantitative estimate of drug-likeness (QED) is 0.770. The fraction of sp³-hybridized carbons (Fsp3) is 0.500. The number of nitrogens with zero attached hydrogens (tertiary/aromatic N) is 1. The summed E-state index contributed by atoms with van der Waals surface area (Å²) < 4.78 is 28.3. The highest BCUT2D eigenvalue weighted by molar-refractivity contribution is 5.94. The first-order chi connectivity index (χ1) is 9.97. The van der Waals surface area contributed by atoms with Crippen LogP contribution in [0.25, 0.3) is 0 Å². The van der Waals surface area contributed by atoms with Crippen LogP contribution in [0.1, 0.15) is 13.8 Å². The Hall–Kier alpha value is -1.73. The number of hydrogen-bond donors (Lipinski definition) is 2. The van der Waals surface area contributed by atoms with E-state index in [1.54, 1.807) is 6.92 Å². The molecule has 21 heavy (non-hydrogen) atoms. The SMILES string of the molecule is CCN(CCO)C(C)C(=O)Nc1ccc(OC(F)F)cc1. The third kappa shape index (κ3) is 5.65. The van der Waals surface area contributed by atoms with Crippen molar-refractivity contribution in [2.75, 3.05) is 25.0 Å². The van der Waals surface area contributed by atoms with Crippen LogP contribution in [0.15, 0.2) is 24.3 Å². The van der Waals surface area contributed by atoms with Crippen LogP contribution in [0.4, 0.5) is 14.5 Å². The molecule has 118 valence electrons.